The summed E-state index contributed by atoms with van der Waals surface area (Å²) in [6.45, 7) is 2.25. The van der Waals surface area contributed by atoms with Gasteiger partial charge in [0.2, 0.25) is 0 Å². The predicted molar refractivity (Wildman–Crippen MR) is 65.3 cm³/mol. The minimum Gasteiger partial charge on any atom is -0.481 e. The van der Waals surface area contributed by atoms with Crippen LogP contribution in [0.25, 0.3) is 0 Å². The van der Waals surface area contributed by atoms with Gasteiger partial charge < -0.3 is 20.2 Å². The van der Waals surface area contributed by atoms with Crippen LogP contribution in [0, 0.1) is 0 Å². The number of furan rings is 1. The second-order valence-electron chi connectivity index (χ2n) is 4.06. The second-order valence-corrected chi connectivity index (χ2v) is 4.06. The van der Waals surface area contributed by atoms with Crippen molar-refractivity contribution < 1.29 is 19.1 Å². The van der Waals surface area contributed by atoms with Crippen LogP contribution in [-0.2, 0) is 11.2 Å². The molecule has 0 radical (unpaired) electrons. The molecule has 6 nitrogen and oxygen atoms in total. The molecule has 0 aromatic carbocycles. The number of hydrogen-bond acceptors (Lipinski definition) is 3. The summed E-state index contributed by atoms with van der Waals surface area (Å²) in [7, 11) is 0. The van der Waals surface area contributed by atoms with Gasteiger partial charge in [0, 0.05) is 25.4 Å². The molecule has 18 heavy (non-hydrogen) atoms. The van der Waals surface area contributed by atoms with Crippen LogP contribution in [0.2, 0.25) is 0 Å². The van der Waals surface area contributed by atoms with Crippen LogP contribution >= 0.6 is 0 Å². The van der Waals surface area contributed by atoms with E-state index in [0.29, 0.717) is 19.4 Å². The van der Waals surface area contributed by atoms with E-state index in [1.165, 1.54) is 0 Å². The average molecular weight is 254 g/mol. The summed E-state index contributed by atoms with van der Waals surface area (Å²) in [5.41, 5.74) is 0. The lowest BCUT2D eigenvalue weighted by Gasteiger charge is -2.13. The number of carbonyl (C=O) groups excluding carboxylic acids is 1. The number of carboxylic acid groups (broad SMARTS) is 1. The van der Waals surface area contributed by atoms with Gasteiger partial charge in [-0.05, 0) is 25.5 Å². The maximum Gasteiger partial charge on any atom is 0.315 e. The zero-order valence-electron chi connectivity index (χ0n) is 10.3. The van der Waals surface area contributed by atoms with Crippen molar-refractivity contribution >= 4 is 12.0 Å². The van der Waals surface area contributed by atoms with Gasteiger partial charge in [-0.2, -0.15) is 0 Å². The molecule has 0 aliphatic heterocycles. The van der Waals surface area contributed by atoms with Crippen LogP contribution in [0.15, 0.2) is 22.8 Å². The third-order valence-corrected chi connectivity index (χ3v) is 2.41. The lowest BCUT2D eigenvalue weighted by atomic mass is 10.2. The maximum absolute atomic E-state index is 11.4. The Morgan fingerprint density at radius 1 is 1.50 bits per heavy atom. The molecule has 1 heterocycles. The maximum atomic E-state index is 11.4. The number of rotatable bonds is 7. The highest BCUT2D eigenvalue weighted by Crippen LogP contribution is 1.99. The summed E-state index contributed by atoms with van der Waals surface area (Å²) in [6.07, 6.45) is 2.68. The highest BCUT2D eigenvalue weighted by molar-refractivity contribution is 5.74. The lowest BCUT2D eigenvalue weighted by molar-refractivity contribution is -0.137. The Labute approximate surface area is 105 Å². The fraction of sp³-hybridized carbons (Fsp3) is 0.500. The van der Waals surface area contributed by atoms with Gasteiger partial charge in [0.25, 0.3) is 0 Å². The number of urea groups is 1. The first-order valence-corrected chi connectivity index (χ1v) is 5.86. The largest absolute Gasteiger partial charge is 0.481 e. The quantitative estimate of drug-likeness (QED) is 0.685. The van der Waals surface area contributed by atoms with E-state index in [1.807, 2.05) is 6.07 Å². The van der Waals surface area contributed by atoms with E-state index in [1.54, 1.807) is 19.3 Å². The number of carboxylic acids is 1. The lowest BCUT2D eigenvalue weighted by Crippen LogP contribution is -2.41. The Balaban J connectivity index is 2.11. The Kier molecular flexibility index (Phi) is 5.76. The molecular weight excluding hydrogens is 236 g/mol. The SMILES string of the molecule is CC(CCC(=O)O)NC(=O)NCCc1ccco1. The average Bonchev–Trinajstić information content (AvgIpc) is 2.79. The standard InChI is InChI=1S/C12H18N2O4/c1-9(4-5-11(15)16)14-12(17)13-7-6-10-3-2-8-18-10/h2-3,8-9H,4-7H2,1H3,(H,15,16)(H2,13,14,17). The van der Waals surface area contributed by atoms with E-state index >= 15 is 0 Å². The Morgan fingerprint density at radius 2 is 2.28 bits per heavy atom. The van der Waals surface area contributed by atoms with Gasteiger partial charge in [0.15, 0.2) is 0 Å². The molecule has 1 aromatic heterocycles. The summed E-state index contributed by atoms with van der Waals surface area (Å²) in [5, 5.41) is 13.9. The summed E-state index contributed by atoms with van der Waals surface area (Å²) >= 11 is 0. The number of amides is 2. The number of nitrogens with one attached hydrogen (secondary N) is 2. The van der Waals surface area contributed by atoms with E-state index in [9.17, 15) is 9.59 Å². The third-order valence-electron chi connectivity index (χ3n) is 2.41. The van der Waals surface area contributed by atoms with Crippen molar-refractivity contribution in [3.05, 3.63) is 24.2 Å². The van der Waals surface area contributed by atoms with Crippen molar-refractivity contribution in [1.82, 2.24) is 10.6 Å². The third kappa shape index (κ3) is 5.93. The Hall–Kier alpha value is -1.98. The monoisotopic (exact) mass is 254 g/mol. The fourth-order valence-corrected chi connectivity index (χ4v) is 1.44. The summed E-state index contributed by atoms with van der Waals surface area (Å²) in [5.74, 6) is -0.0453. The van der Waals surface area contributed by atoms with Gasteiger partial charge in [-0.1, -0.05) is 0 Å². The molecule has 1 unspecified atom stereocenters. The molecule has 0 fully saturated rings. The number of hydrogen-bond donors (Lipinski definition) is 3. The first-order valence-electron chi connectivity index (χ1n) is 5.86. The van der Waals surface area contributed by atoms with Crippen molar-refractivity contribution in [1.29, 1.82) is 0 Å². The van der Waals surface area contributed by atoms with E-state index < -0.39 is 5.97 Å². The van der Waals surface area contributed by atoms with Gasteiger partial charge in [-0.15, -0.1) is 0 Å². The topological polar surface area (TPSA) is 91.6 Å². The Bertz CT molecular complexity index is 375. The predicted octanol–water partition coefficient (Wildman–Crippen LogP) is 1.37. The van der Waals surface area contributed by atoms with Crippen molar-refractivity contribution in [2.75, 3.05) is 6.54 Å². The first-order chi connectivity index (χ1) is 8.58. The van der Waals surface area contributed by atoms with Crippen LogP contribution in [0.1, 0.15) is 25.5 Å². The van der Waals surface area contributed by atoms with Gasteiger partial charge in [-0.3, -0.25) is 4.79 Å². The zero-order chi connectivity index (χ0) is 13.4. The molecule has 100 valence electrons. The van der Waals surface area contributed by atoms with Crippen molar-refractivity contribution in [3.8, 4) is 0 Å². The first kappa shape index (κ1) is 14.1. The van der Waals surface area contributed by atoms with E-state index in [2.05, 4.69) is 10.6 Å². The molecule has 0 aliphatic carbocycles. The van der Waals surface area contributed by atoms with Crippen LogP contribution in [0.4, 0.5) is 4.79 Å². The van der Waals surface area contributed by atoms with Crippen LogP contribution < -0.4 is 10.6 Å². The van der Waals surface area contributed by atoms with Crippen LogP contribution in [0.3, 0.4) is 0 Å². The minimum atomic E-state index is -0.859. The molecule has 2 amide bonds. The molecule has 1 rings (SSSR count). The normalized spacial score (nSPS) is 11.8. The zero-order valence-corrected chi connectivity index (χ0v) is 10.3. The number of carbonyl (C=O) groups is 2. The van der Waals surface area contributed by atoms with Gasteiger partial charge in [0.05, 0.1) is 6.26 Å². The molecule has 1 aromatic rings. The summed E-state index contributed by atoms with van der Waals surface area (Å²) < 4.78 is 5.12. The molecule has 3 N–H and O–H groups in total. The highest BCUT2D eigenvalue weighted by Gasteiger charge is 2.08. The van der Waals surface area contributed by atoms with E-state index in [-0.39, 0.29) is 18.5 Å². The molecular formula is C12H18N2O4. The van der Waals surface area contributed by atoms with Crippen LogP contribution in [0.5, 0.6) is 0 Å². The molecule has 6 heteroatoms. The van der Waals surface area contributed by atoms with Gasteiger partial charge in [-0.25, -0.2) is 4.79 Å². The summed E-state index contributed by atoms with van der Waals surface area (Å²) in [6, 6.07) is 3.18. The minimum absolute atomic E-state index is 0.0494. The van der Waals surface area contributed by atoms with Crippen LogP contribution in [-0.4, -0.2) is 29.7 Å². The molecule has 1 atom stereocenters. The van der Waals surface area contributed by atoms with E-state index in [4.69, 9.17) is 9.52 Å². The van der Waals surface area contributed by atoms with Crippen molar-refractivity contribution in [3.63, 3.8) is 0 Å². The number of aliphatic carboxylic acids is 1. The van der Waals surface area contributed by atoms with E-state index in [0.717, 1.165) is 5.76 Å². The smallest absolute Gasteiger partial charge is 0.315 e. The molecule has 0 spiro atoms. The van der Waals surface area contributed by atoms with Gasteiger partial charge in [0.1, 0.15) is 5.76 Å². The highest BCUT2D eigenvalue weighted by atomic mass is 16.4. The molecule has 0 saturated heterocycles. The second kappa shape index (κ2) is 7.37. The van der Waals surface area contributed by atoms with Crippen molar-refractivity contribution in [2.24, 2.45) is 0 Å². The Morgan fingerprint density at radius 3 is 2.89 bits per heavy atom. The summed E-state index contributed by atoms with van der Waals surface area (Å²) in [4.78, 5) is 21.8. The van der Waals surface area contributed by atoms with Crippen molar-refractivity contribution in [2.45, 2.75) is 32.2 Å². The molecule has 0 bridgehead atoms. The fourth-order valence-electron chi connectivity index (χ4n) is 1.44. The molecule has 0 saturated carbocycles. The molecule has 0 aliphatic rings. The van der Waals surface area contributed by atoms with Gasteiger partial charge >= 0.3 is 12.0 Å².